The number of carbonyl (C=O) groups excluding carboxylic acids is 2. The fraction of sp³-hybridized carbons (Fsp3) is 0.231. The number of nitrogens with one attached hydrogen (secondary N) is 1. The Hall–Kier alpha value is -3.25. The second kappa shape index (κ2) is 10.4. The summed E-state index contributed by atoms with van der Waals surface area (Å²) < 4.78 is 0. The zero-order valence-electron chi connectivity index (χ0n) is 17.9. The van der Waals surface area contributed by atoms with Crippen LogP contribution in [0.5, 0.6) is 0 Å². The molecule has 2 amide bonds. The molecule has 0 saturated carbocycles. The molecular formula is C26H27N3O2S. The van der Waals surface area contributed by atoms with E-state index in [1.807, 2.05) is 66.7 Å². The number of hydrogen-bond acceptors (Lipinski definition) is 4. The van der Waals surface area contributed by atoms with Gasteiger partial charge in [0, 0.05) is 46.6 Å². The normalized spacial score (nSPS) is 14.2. The molecule has 0 aromatic heterocycles. The lowest BCUT2D eigenvalue weighted by molar-refractivity contribution is -0.122. The van der Waals surface area contributed by atoms with E-state index in [9.17, 15) is 9.59 Å². The van der Waals surface area contributed by atoms with Crippen LogP contribution >= 0.6 is 11.8 Å². The van der Waals surface area contributed by atoms with Gasteiger partial charge in [0.1, 0.15) is 0 Å². The summed E-state index contributed by atoms with van der Waals surface area (Å²) in [4.78, 5) is 27.3. The van der Waals surface area contributed by atoms with Crippen LogP contribution in [0.25, 0.3) is 0 Å². The van der Waals surface area contributed by atoms with E-state index in [2.05, 4.69) is 22.3 Å². The highest BCUT2D eigenvalue weighted by atomic mass is 32.2. The molecule has 1 heterocycles. The second-order valence-corrected chi connectivity index (χ2v) is 9.01. The molecule has 0 atom stereocenters. The van der Waals surface area contributed by atoms with Crippen LogP contribution < -0.4 is 16.0 Å². The van der Waals surface area contributed by atoms with Gasteiger partial charge in [0.05, 0.1) is 0 Å². The summed E-state index contributed by atoms with van der Waals surface area (Å²) in [7, 11) is 0. The maximum absolute atomic E-state index is 12.6. The van der Waals surface area contributed by atoms with Crippen LogP contribution in [0.2, 0.25) is 0 Å². The fourth-order valence-electron chi connectivity index (χ4n) is 3.82. The largest absolute Gasteiger partial charge is 0.371 e. The minimum absolute atomic E-state index is 0.0204. The van der Waals surface area contributed by atoms with Crippen LogP contribution in [-0.4, -0.2) is 24.9 Å². The Bertz CT molecular complexity index is 1040. The standard InChI is InChI=1S/C26H27N3O2S/c27-25(30)20-14-16-29(17-15-20)23-10-8-22(9-11-23)28-26(31)21-6-12-24(13-7-21)32-18-19-4-2-1-3-5-19/h1-13,20H,14-18H2,(H2,27,30)(H,28,31). The average Bonchev–Trinajstić information content (AvgIpc) is 2.84. The zero-order chi connectivity index (χ0) is 22.3. The van der Waals surface area contributed by atoms with E-state index >= 15 is 0 Å². The average molecular weight is 446 g/mol. The van der Waals surface area contributed by atoms with Crippen molar-refractivity contribution in [1.82, 2.24) is 0 Å². The van der Waals surface area contributed by atoms with E-state index in [1.165, 1.54) is 5.56 Å². The highest BCUT2D eigenvalue weighted by molar-refractivity contribution is 7.98. The topological polar surface area (TPSA) is 75.4 Å². The van der Waals surface area contributed by atoms with Crippen LogP contribution in [0.4, 0.5) is 11.4 Å². The first-order valence-corrected chi connectivity index (χ1v) is 11.8. The summed E-state index contributed by atoms with van der Waals surface area (Å²) in [6.45, 7) is 1.63. The van der Waals surface area contributed by atoms with Gasteiger partial charge < -0.3 is 16.0 Å². The lowest BCUT2D eigenvalue weighted by atomic mass is 9.96. The van der Waals surface area contributed by atoms with Crippen LogP contribution in [0.3, 0.4) is 0 Å². The van der Waals surface area contributed by atoms with Gasteiger partial charge in [-0.2, -0.15) is 0 Å². The molecule has 5 nitrogen and oxygen atoms in total. The van der Waals surface area contributed by atoms with E-state index in [4.69, 9.17) is 5.73 Å². The third-order valence-corrected chi connectivity index (χ3v) is 6.84. The van der Waals surface area contributed by atoms with E-state index in [-0.39, 0.29) is 17.7 Å². The van der Waals surface area contributed by atoms with Gasteiger partial charge >= 0.3 is 0 Å². The van der Waals surface area contributed by atoms with Gasteiger partial charge in [-0.15, -0.1) is 11.8 Å². The van der Waals surface area contributed by atoms with Gasteiger partial charge in [-0.25, -0.2) is 0 Å². The van der Waals surface area contributed by atoms with Crippen molar-refractivity contribution in [2.45, 2.75) is 23.5 Å². The number of thioether (sulfide) groups is 1. The minimum Gasteiger partial charge on any atom is -0.371 e. The van der Waals surface area contributed by atoms with Gasteiger partial charge in [-0.3, -0.25) is 9.59 Å². The molecule has 0 unspecified atom stereocenters. The fourth-order valence-corrected chi connectivity index (χ4v) is 4.68. The SMILES string of the molecule is NC(=O)C1CCN(c2ccc(NC(=O)c3ccc(SCc4ccccc4)cc3)cc2)CC1. The van der Waals surface area contributed by atoms with E-state index < -0.39 is 0 Å². The minimum atomic E-state index is -0.203. The number of hydrogen-bond donors (Lipinski definition) is 2. The molecule has 3 aromatic carbocycles. The maximum atomic E-state index is 12.6. The van der Waals surface area contributed by atoms with Crippen molar-refractivity contribution in [1.29, 1.82) is 0 Å². The molecule has 0 radical (unpaired) electrons. The number of amides is 2. The summed E-state index contributed by atoms with van der Waals surface area (Å²) in [5, 5.41) is 2.96. The van der Waals surface area contributed by atoms with Gasteiger partial charge in [-0.1, -0.05) is 30.3 Å². The number of carbonyl (C=O) groups is 2. The van der Waals surface area contributed by atoms with Gasteiger partial charge in [-0.05, 0) is 66.9 Å². The molecule has 1 aliphatic rings. The quantitative estimate of drug-likeness (QED) is 0.506. The van der Waals surface area contributed by atoms with Crippen molar-refractivity contribution in [3.63, 3.8) is 0 Å². The van der Waals surface area contributed by atoms with Crippen molar-refractivity contribution < 1.29 is 9.59 Å². The van der Waals surface area contributed by atoms with Crippen molar-refractivity contribution >= 4 is 35.0 Å². The lowest BCUT2D eigenvalue weighted by Crippen LogP contribution is -2.38. The molecule has 0 spiro atoms. The molecular weight excluding hydrogens is 418 g/mol. The van der Waals surface area contributed by atoms with Crippen molar-refractivity contribution in [3.05, 3.63) is 90.0 Å². The molecule has 0 bridgehead atoms. The molecule has 6 heteroatoms. The van der Waals surface area contributed by atoms with E-state index in [0.717, 1.165) is 48.0 Å². The molecule has 3 aromatic rings. The van der Waals surface area contributed by atoms with Gasteiger partial charge in [0.15, 0.2) is 0 Å². The van der Waals surface area contributed by atoms with Crippen molar-refractivity contribution in [2.75, 3.05) is 23.3 Å². The smallest absolute Gasteiger partial charge is 0.255 e. The summed E-state index contributed by atoms with van der Waals surface area (Å²) in [6.07, 6.45) is 1.57. The highest BCUT2D eigenvalue weighted by Gasteiger charge is 2.23. The first-order chi connectivity index (χ1) is 15.6. The Labute approximate surface area is 193 Å². The third kappa shape index (κ3) is 5.71. The van der Waals surface area contributed by atoms with E-state index in [0.29, 0.717) is 5.56 Å². The van der Waals surface area contributed by atoms with Crippen molar-refractivity contribution in [3.8, 4) is 0 Å². The number of benzene rings is 3. The zero-order valence-corrected chi connectivity index (χ0v) is 18.7. The summed E-state index contributed by atoms with van der Waals surface area (Å²) in [5.41, 5.74) is 9.17. The van der Waals surface area contributed by atoms with Crippen LogP contribution in [-0.2, 0) is 10.5 Å². The van der Waals surface area contributed by atoms with Crippen molar-refractivity contribution in [2.24, 2.45) is 11.7 Å². The lowest BCUT2D eigenvalue weighted by Gasteiger charge is -2.32. The van der Waals surface area contributed by atoms with E-state index in [1.54, 1.807) is 11.8 Å². The Morgan fingerprint density at radius 1 is 0.906 bits per heavy atom. The Morgan fingerprint density at radius 2 is 1.56 bits per heavy atom. The molecule has 4 rings (SSSR count). The number of rotatable bonds is 7. The maximum Gasteiger partial charge on any atom is 0.255 e. The number of primary amides is 1. The first kappa shape index (κ1) is 22.0. The summed E-state index contributed by atoms with van der Waals surface area (Å²) in [5.74, 6) is 0.553. The van der Waals surface area contributed by atoms with Gasteiger partial charge in [0.2, 0.25) is 5.91 Å². The predicted octanol–water partition coefficient (Wildman–Crippen LogP) is 4.93. The molecule has 1 fully saturated rings. The number of nitrogens with zero attached hydrogens (tertiary/aromatic N) is 1. The Balaban J connectivity index is 1.29. The number of nitrogens with two attached hydrogens (primary N) is 1. The molecule has 32 heavy (non-hydrogen) atoms. The Kier molecular flexibility index (Phi) is 7.12. The van der Waals surface area contributed by atoms with Gasteiger partial charge in [0.25, 0.3) is 5.91 Å². The number of piperidine rings is 1. The molecule has 1 saturated heterocycles. The third-order valence-electron chi connectivity index (χ3n) is 5.75. The molecule has 164 valence electrons. The molecule has 0 aliphatic carbocycles. The first-order valence-electron chi connectivity index (χ1n) is 10.8. The molecule has 3 N–H and O–H groups in total. The summed E-state index contributed by atoms with van der Waals surface area (Å²) in [6, 6.07) is 25.9. The van der Waals surface area contributed by atoms with Crippen LogP contribution in [0, 0.1) is 5.92 Å². The number of anilines is 2. The highest BCUT2D eigenvalue weighted by Crippen LogP contribution is 2.25. The summed E-state index contributed by atoms with van der Waals surface area (Å²) >= 11 is 1.75. The van der Waals surface area contributed by atoms with Crippen LogP contribution in [0.15, 0.2) is 83.8 Å². The predicted molar refractivity (Wildman–Crippen MR) is 131 cm³/mol. The molecule has 1 aliphatic heterocycles. The van der Waals surface area contributed by atoms with Crippen LogP contribution in [0.1, 0.15) is 28.8 Å². The monoisotopic (exact) mass is 445 g/mol. The second-order valence-electron chi connectivity index (χ2n) is 7.96. The Morgan fingerprint density at radius 3 is 2.19 bits per heavy atom.